The number of aliphatic imine (C=N–C) groups is 1. The van der Waals surface area contributed by atoms with Crippen molar-refractivity contribution in [3.8, 4) is 0 Å². The van der Waals surface area contributed by atoms with E-state index in [1.165, 1.54) is 7.11 Å². The normalized spacial score (nSPS) is 15.6. The molecule has 0 saturated carbocycles. The van der Waals surface area contributed by atoms with Crippen LogP contribution in [0.1, 0.15) is 19.3 Å². The van der Waals surface area contributed by atoms with Crippen LogP contribution in [0, 0.1) is 0 Å². The van der Waals surface area contributed by atoms with Gasteiger partial charge in [0.1, 0.15) is 0 Å². The van der Waals surface area contributed by atoms with E-state index in [2.05, 4.69) is 15.0 Å². The van der Waals surface area contributed by atoms with Crippen LogP contribution in [0.25, 0.3) is 0 Å². The molecule has 12 heavy (non-hydrogen) atoms. The molecule has 0 unspecified atom stereocenters. The van der Waals surface area contributed by atoms with Crippen LogP contribution in [0.2, 0.25) is 0 Å². The number of nitrogens with zero attached hydrogens (tertiary/aromatic N) is 1. The van der Waals surface area contributed by atoms with E-state index in [1.807, 2.05) is 0 Å². The number of methoxy groups -OCH3 is 1. The van der Waals surface area contributed by atoms with Crippen molar-refractivity contribution in [3.63, 3.8) is 0 Å². The smallest absolute Gasteiger partial charge is 0.307 e. The zero-order valence-electron chi connectivity index (χ0n) is 7.30. The molecule has 1 aliphatic heterocycles. The van der Waals surface area contributed by atoms with Crippen LogP contribution >= 0.6 is 0 Å². The monoisotopic (exact) mass is 170 g/mol. The van der Waals surface area contributed by atoms with E-state index in [9.17, 15) is 4.79 Å². The van der Waals surface area contributed by atoms with Crippen molar-refractivity contribution >= 4 is 11.8 Å². The van der Waals surface area contributed by atoms with Crippen molar-refractivity contribution in [2.45, 2.75) is 19.3 Å². The van der Waals surface area contributed by atoms with Crippen LogP contribution in [0.4, 0.5) is 0 Å². The van der Waals surface area contributed by atoms with Gasteiger partial charge in [0.05, 0.1) is 19.4 Å². The summed E-state index contributed by atoms with van der Waals surface area (Å²) in [7, 11) is 1.40. The molecule has 0 atom stereocenters. The van der Waals surface area contributed by atoms with Gasteiger partial charge < -0.3 is 10.1 Å². The van der Waals surface area contributed by atoms with Gasteiger partial charge in [-0.3, -0.25) is 9.79 Å². The fourth-order valence-corrected chi connectivity index (χ4v) is 1.09. The zero-order chi connectivity index (χ0) is 8.81. The average Bonchev–Trinajstić information content (AvgIpc) is 2.57. The summed E-state index contributed by atoms with van der Waals surface area (Å²) >= 11 is 0. The van der Waals surface area contributed by atoms with E-state index < -0.39 is 0 Å². The van der Waals surface area contributed by atoms with Crippen molar-refractivity contribution in [1.29, 1.82) is 0 Å². The van der Waals surface area contributed by atoms with Crippen molar-refractivity contribution in [2.24, 2.45) is 4.99 Å². The number of esters is 1. The standard InChI is InChI=1S/C8H14N2O2/c1-12-8(11)4-6-10-7-3-2-5-9-7/h2-6H2,1H3,(H,9,10). The number of amidine groups is 1. The third-order valence-corrected chi connectivity index (χ3v) is 1.76. The molecule has 1 heterocycles. The summed E-state index contributed by atoms with van der Waals surface area (Å²) in [6.45, 7) is 1.55. The van der Waals surface area contributed by atoms with Gasteiger partial charge in [-0.25, -0.2) is 0 Å². The van der Waals surface area contributed by atoms with Crippen LogP contribution < -0.4 is 5.32 Å². The Bertz CT molecular complexity index is 189. The van der Waals surface area contributed by atoms with Crippen molar-refractivity contribution in [2.75, 3.05) is 20.2 Å². The Balaban J connectivity index is 2.05. The van der Waals surface area contributed by atoms with E-state index in [0.29, 0.717) is 13.0 Å². The summed E-state index contributed by atoms with van der Waals surface area (Å²) in [4.78, 5) is 14.9. The first-order chi connectivity index (χ1) is 5.83. The lowest BCUT2D eigenvalue weighted by Gasteiger charge is -2.03. The van der Waals surface area contributed by atoms with Gasteiger partial charge >= 0.3 is 5.97 Å². The Morgan fingerprint density at radius 1 is 1.75 bits per heavy atom. The lowest BCUT2D eigenvalue weighted by molar-refractivity contribution is -0.140. The molecule has 0 aromatic rings. The van der Waals surface area contributed by atoms with Gasteiger partial charge in [0.2, 0.25) is 0 Å². The molecular weight excluding hydrogens is 156 g/mol. The molecule has 0 radical (unpaired) electrons. The van der Waals surface area contributed by atoms with E-state index >= 15 is 0 Å². The average molecular weight is 170 g/mol. The minimum absolute atomic E-state index is 0.180. The van der Waals surface area contributed by atoms with Crippen LogP contribution in [0.3, 0.4) is 0 Å². The summed E-state index contributed by atoms with van der Waals surface area (Å²) in [5.41, 5.74) is 0. The Morgan fingerprint density at radius 3 is 3.17 bits per heavy atom. The largest absolute Gasteiger partial charge is 0.469 e. The summed E-state index contributed by atoms with van der Waals surface area (Å²) in [5.74, 6) is 0.847. The number of hydrogen-bond donors (Lipinski definition) is 1. The Morgan fingerprint density at radius 2 is 2.58 bits per heavy atom. The Labute approximate surface area is 72.0 Å². The second kappa shape index (κ2) is 4.74. The van der Waals surface area contributed by atoms with Gasteiger partial charge in [-0.05, 0) is 6.42 Å². The molecule has 0 fully saturated rings. The number of nitrogens with one attached hydrogen (secondary N) is 1. The van der Waals surface area contributed by atoms with Crippen LogP contribution in [-0.4, -0.2) is 32.0 Å². The summed E-state index contributed by atoms with van der Waals surface area (Å²) in [6.07, 6.45) is 2.55. The Kier molecular flexibility index (Phi) is 3.57. The number of carbonyl (C=O) groups is 1. The molecule has 0 aromatic heterocycles. The molecule has 1 rings (SSSR count). The maximum absolute atomic E-state index is 10.7. The summed E-state index contributed by atoms with van der Waals surface area (Å²) < 4.78 is 4.50. The summed E-state index contributed by atoms with van der Waals surface area (Å²) in [5, 5.41) is 3.10. The van der Waals surface area contributed by atoms with Gasteiger partial charge in [0.15, 0.2) is 0 Å². The van der Waals surface area contributed by atoms with E-state index in [-0.39, 0.29) is 5.97 Å². The first-order valence-corrected chi connectivity index (χ1v) is 4.17. The highest BCUT2D eigenvalue weighted by molar-refractivity contribution is 5.83. The number of ether oxygens (including phenoxy) is 1. The quantitative estimate of drug-likeness (QED) is 0.621. The van der Waals surface area contributed by atoms with Gasteiger partial charge in [-0.2, -0.15) is 0 Å². The highest BCUT2D eigenvalue weighted by Gasteiger charge is 2.05. The third-order valence-electron chi connectivity index (χ3n) is 1.76. The first kappa shape index (κ1) is 9.03. The molecule has 0 amide bonds. The number of rotatable bonds is 3. The zero-order valence-corrected chi connectivity index (χ0v) is 7.30. The molecular formula is C8H14N2O2. The SMILES string of the molecule is COC(=O)CCNC1=NCCC1. The van der Waals surface area contributed by atoms with Crippen molar-refractivity contribution < 1.29 is 9.53 Å². The predicted molar refractivity (Wildman–Crippen MR) is 46.2 cm³/mol. The topological polar surface area (TPSA) is 50.7 Å². The van der Waals surface area contributed by atoms with Crippen molar-refractivity contribution in [3.05, 3.63) is 0 Å². The van der Waals surface area contributed by atoms with Gasteiger partial charge in [-0.15, -0.1) is 0 Å². The Hall–Kier alpha value is -1.06. The predicted octanol–water partition coefficient (Wildman–Crippen LogP) is 0.331. The highest BCUT2D eigenvalue weighted by atomic mass is 16.5. The number of hydrogen-bond acceptors (Lipinski definition) is 4. The minimum atomic E-state index is -0.180. The maximum Gasteiger partial charge on any atom is 0.307 e. The molecule has 68 valence electrons. The molecule has 0 aromatic carbocycles. The molecule has 1 N–H and O–H groups in total. The van der Waals surface area contributed by atoms with Crippen LogP contribution in [0.15, 0.2) is 4.99 Å². The molecule has 4 heteroatoms. The van der Waals surface area contributed by atoms with Crippen LogP contribution in [-0.2, 0) is 9.53 Å². The van der Waals surface area contributed by atoms with E-state index in [4.69, 9.17) is 0 Å². The maximum atomic E-state index is 10.7. The second-order valence-electron chi connectivity index (χ2n) is 2.68. The third kappa shape index (κ3) is 2.90. The fraction of sp³-hybridized carbons (Fsp3) is 0.750. The number of carbonyl (C=O) groups excluding carboxylic acids is 1. The molecule has 1 aliphatic rings. The van der Waals surface area contributed by atoms with Gasteiger partial charge in [0.25, 0.3) is 0 Å². The molecule has 0 aliphatic carbocycles. The van der Waals surface area contributed by atoms with Crippen molar-refractivity contribution in [1.82, 2.24) is 5.32 Å². The summed E-state index contributed by atoms with van der Waals surface area (Å²) in [6, 6.07) is 0. The van der Waals surface area contributed by atoms with Gasteiger partial charge in [0, 0.05) is 19.5 Å². The van der Waals surface area contributed by atoms with Gasteiger partial charge in [-0.1, -0.05) is 0 Å². The lowest BCUT2D eigenvalue weighted by atomic mass is 10.3. The van der Waals surface area contributed by atoms with Crippen LogP contribution in [0.5, 0.6) is 0 Å². The second-order valence-corrected chi connectivity index (χ2v) is 2.68. The minimum Gasteiger partial charge on any atom is -0.469 e. The lowest BCUT2D eigenvalue weighted by Crippen LogP contribution is -2.24. The first-order valence-electron chi connectivity index (χ1n) is 4.17. The molecule has 0 saturated heterocycles. The van der Waals surface area contributed by atoms with E-state index in [1.54, 1.807) is 0 Å². The fourth-order valence-electron chi connectivity index (χ4n) is 1.09. The molecule has 0 bridgehead atoms. The molecule has 4 nitrogen and oxygen atoms in total. The van der Waals surface area contributed by atoms with E-state index in [0.717, 1.165) is 25.2 Å². The molecule has 0 spiro atoms. The highest BCUT2D eigenvalue weighted by Crippen LogP contribution is 2.00.